The van der Waals surface area contributed by atoms with Crippen LogP contribution < -0.4 is 5.32 Å². The minimum atomic E-state index is -1.52. The lowest BCUT2D eigenvalue weighted by Gasteiger charge is -2.23. The Hall–Kier alpha value is -2.02. The number of hydrogen-bond acceptors (Lipinski definition) is 3. The van der Waals surface area contributed by atoms with Crippen LogP contribution in [0.15, 0.2) is 18.2 Å². The number of carbonyl (C=O) groups is 2. The lowest BCUT2D eigenvalue weighted by molar-refractivity contribution is -0.131. The maximum Gasteiger partial charge on any atom is 0.325 e. The van der Waals surface area contributed by atoms with Crippen LogP contribution in [0.4, 0.5) is 13.6 Å². The third kappa shape index (κ3) is 2.81. The summed E-state index contributed by atoms with van der Waals surface area (Å²) >= 11 is 0. The van der Waals surface area contributed by atoms with Crippen LogP contribution in [0.25, 0.3) is 0 Å². The van der Waals surface area contributed by atoms with Gasteiger partial charge in [0.1, 0.15) is 17.2 Å². The van der Waals surface area contributed by atoms with Gasteiger partial charge in [-0.25, -0.2) is 13.6 Å². The van der Waals surface area contributed by atoms with Crippen LogP contribution in [-0.2, 0) is 15.1 Å². The first-order valence-electron chi connectivity index (χ1n) is 7.63. The van der Waals surface area contributed by atoms with Crippen LogP contribution in [0.5, 0.6) is 0 Å². The number of hydrogen-bond donors (Lipinski definition) is 1. The number of urea groups is 1. The molecule has 1 N–H and O–H groups in total. The summed E-state index contributed by atoms with van der Waals surface area (Å²) in [4.78, 5) is 25.8. The summed E-state index contributed by atoms with van der Waals surface area (Å²) in [5.74, 6) is -2.13. The first-order valence-corrected chi connectivity index (χ1v) is 7.63. The number of ether oxygens (including phenoxy) is 1. The van der Waals surface area contributed by atoms with Crippen molar-refractivity contribution in [3.8, 4) is 0 Å². The van der Waals surface area contributed by atoms with E-state index < -0.39 is 29.1 Å². The second-order valence-electron chi connectivity index (χ2n) is 6.06. The third-order valence-electron chi connectivity index (χ3n) is 4.44. The van der Waals surface area contributed by atoms with Crippen molar-refractivity contribution in [2.75, 3.05) is 13.2 Å². The SMILES string of the molecule is C[C@@]1(c2ccc(F)cc2F)NC(=O)N(CC[C@@H]2CCCO2)C1=O. The molecule has 0 bridgehead atoms. The molecular formula is C16H18F2N2O3. The molecule has 0 spiro atoms. The Kier molecular flexibility index (Phi) is 4.06. The molecule has 2 aliphatic rings. The van der Waals surface area contributed by atoms with Gasteiger partial charge in [0.15, 0.2) is 0 Å². The van der Waals surface area contributed by atoms with Crippen LogP contribution >= 0.6 is 0 Å². The molecule has 1 aromatic rings. The minimum Gasteiger partial charge on any atom is -0.378 e. The molecule has 2 fully saturated rings. The van der Waals surface area contributed by atoms with Crippen molar-refractivity contribution in [3.63, 3.8) is 0 Å². The maximum atomic E-state index is 14.0. The van der Waals surface area contributed by atoms with Crippen molar-refractivity contribution < 1.29 is 23.1 Å². The van der Waals surface area contributed by atoms with Gasteiger partial charge in [0.25, 0.3) is 5.91 Å². The molecule has 0 aromatic heterocycles. The number of benzene rings is 1. The van der Waals surface area contributed by atoms with Gasteiger partial charge in [-0.1, -0.05) is 6.07 Å². The normalized spacial score (nSPS) is 27.6. The number of rotatable bonds is 4. The number of imide groups is 1. The lowest BCUT2D eigenvalue weighted by Crippen LogP contribution is -2.42. The van der Waals surface area contributed by atoms with Crippen molar-refractivity contribution >= 4 is 11.9 Å². The lowest BCUT2D eigenvalue weighted by atomic mass is 9.91. The van der Waals surface area contributed by atoms with E-state index in [4.69, 9.17) is 4.74 Å². The van der Waals surface area contributed by atoms with Crippen LogP contribution in [0, 0.1) is 11.6 Å². The van der Waals surface area contributed by atoms with Gasteiger partial charge in [-0.15, -0.1) is 0 Å². The van der Waals surface area contributed by atoms with Gasteiger partial charge in [0.05, 0.1) is 6.10 Å². The molecule has 0 unspecified atom stereocenters. The van der Waals surface area contributed by atoms with E-state index in [9.17, 15) is 18.4 Å². The standard InChI is InChI=1S/C16H18F2N2O3/c1-16(12-5-4-10(17)9-13(12)18)14(21)20(15(22)19-16)7-6-11-3-2-8-23-11/h4-5,9,11H,2-3,6-8H2,1H3,(H,19,22)/t11-,16-/m0/s1. The Morgan fingerprint density at radius 3 is 2.83 bits per heavy atom. The van der Waals surface area contributed by atoms with Crippen molar-refractivity contribution in [3.05, 3.63) is 35.4 Å². The highest BCUT2D eigenvalue weighted by Crippen LogP contribution is 2.31. The topological polar surface area (TPSA) is 58.6 Å². The molecule has 23 heavy (non-hydrogen) atoms. The molecule has 0 aliphatic carbocycles. The first-order chi connectivity index (χ1) is 10.9. The summed E-state index contributed by atoms with van der Waals surface area (Å²) in [5, 5.41) is 2.52. The number of nitrogens with zero attached hydrogens (tertiary/aromatic N) is 1. The second-order valence-corrected chi connectivity index (χ2v) is 6.06. The molecule has 2 heterocycles. The average molecular weight is 324 g/mol. The first kappa shape index (κ1) is 15.9. The fourth-order valence-electron chi connectivity index (χ4n) is 3.12. The summed E-state index contributed by atoms with van der Waals surface area (Å²) < 4.78 is 32.6. The van der Waals surface area contributed by atoms with E-state index in [1.807, 2.05) is 0 Å². The molecule has 7 heteroatoms. The van der Waals surface area contributed by atoms with Gasteiger partial charge in [-0.05, 0) is 32.3 Å². The second kappa shape index (κ2) is 5.88. The summed E-state index contributed by atoms with van der Waals surface area (Å²) in [7, 11) is 0. The fourth-order valence-corrected chi connectivity index (χ4v) is 3.12. The molecule has 3 rings (SSSR count). The van der Waals surface area contributed by atoms with E-state index in [-0.39, 0.29) is 18.2 Å². The Labute approximate surface area is 132 Å². The minimum absolute atomic E-state index is 0.0446. The summed E-state index contributed by atoms with van der Waals surface area (Å²) in [5.41, 5.74) is -1.57. The molecule has 0 radical (unpaired) electrons. The van der Waals surface area contributed by atoms with Crippen molar-refractivity contribution in [2.24, 2.45) is 0 Å². The molecule has 2 saturated heterocycles. The number of nitrogens with one attached hydrogen (secondary N) is 1. The van der Waals surface area contributed by atoms with Crippen LogP contribution in [-0.4, -0.2) is 36.1 Å². The van der Waals surface area contributed by atoms with E-state index in [0.717, 1.165) is 23.8 Å². The Bertz CT molecular complexity index is 646. The molecule has 0 saturated carbocycles. The molecule has 2 aliphatic heterocycles. The zero-order chi connectivity index (χ0) is 16.6. The van der Waals surface area contributed by atoms with Gasteiger partial charge in [-0.3, -0.25) is 9.69 Å². The summed E-state index contributed by atoms with van der Waals surface area (Å²) in [6.07, 6.45) is 2.49. The zero-order valence-corrected chi connectivity index (χ0v) is 12.8. The number of amides is 3. The van der Waals surface area contributed by atoms with E-state index in [0.29, 0.717) is 19.1 Å². The predicted molar refractivity (Wildman–Crippen MR) is 77.5 cm³/mol. The van der Waals surface area contributed by atoms with Gasteiger partial charge >= 0.3 is 6.03 Å². The van der Waals surface area contributed by atoms with E-state index in [1.165, 1.54) is 13.0 Å². The Morgan fingerprint density at radius 1 is 1.39 bits per heavy atom. The van der Waals surface area contributed by atoms with Crippen LogP contribution in [0.2, 0.25) is 0 Å². The highest BCUT2D eigenvalue weighted by Gasteiger charge is 2.50. The smallest absolute Gasteiger partial charge is 0.325 e. The molecular weight excluding hydrogens is 306 g/mol. The maximum absolute atomic E-state index is 14.0. The average Bonchev–Trinajstić information content (AvgIpc) is 3.06. The highest BCUT2D eigenvalue weighted by atomic mass is 19.1. The van der Waals surface area contributed by atoms with Gasteiger partial charge in [0, 0.05) is 24.8 Å². The van der Waals surface area contributed by atoms with Gasteiger partial charge in [-0.2, -0.15) is 0 Å². The highest BCUT2D eigenvalue weighted by molar-refractivity contribution is 6.07. The van der Waals surface area contributed by atoms with Crippen LogP contribution in [0.1, 0.15) is 31.7 Å². The Morgan fingerprint density at radius 2 is 2.17 bits per heavy atom. The molecule has 5 nitrogen and oxygen atoms in total. The monoisotopic (exact) mass is 324 g/mol. The van der Waals surface area contributed by atoms with E-state index >= 15 is 0 Å². The van der Waals surface area contributed by atoms with Crippen molar-refractivity contribution in [1.82, 2.24) is 10.2 Å². The van der Waals surface area contributed by atoms with Gasteiger partial charge in [0.2, 0.25) is 0 Å². The number of carbonyl (C=O) groups excluding carboxylic acids is 2. The predicted octanol–water partition coefficient (Wildman–Crippen LogP) is 2.30. The summed E-state index contributed by atoms with van der Waals surface area (Å²) in [6.45, 7) is 2.34. The van der Waals surface area contributed by atoms with Crippen LogP contribution in [0.3, 0.4) is 0 Å². The fraction of sp³-hybridized carbons (Fsp3) is 0.500. The molecule has 3 amide bonds. The zero-order valence-electron chi connectivity index (χ0n) is 12.8. The van der Waals surface area contributed by atoms with Crippen molar-refractivity contribution in [2.45, 2.75) is 37.8 Å². The third-order valence-corrected chi connectivity index (χ3v) is 4.44. The quantitative estimate of drug-likeness (QED) is 0.865. The van der Waals surface area contributed by atoms with E-state index in [1.54, 1.807) is 0 Å². The number of halogens is 2. The van der Waals surface area contributed by atoms with Gasteiger partial charge < -0.3 is 10.1 Å². The van der Waals surface area contributed by atoms with Crippen molar-refractivity contribution in [1.29, 1.82) is 0 Å². The van der Waals surface area contributed by atoms with E-state index in [2.05, 4.69) is 5.32 Å². The molecule has 2 atom stereocenters. The molecule has 1 aromatic carbocycles. The molecule has 124 valence electrons. The Balaban J connectivity index is 1.78. The summed E-state index contributed by atoms with van der Waals surface area (Å²) in [6, 6.07) is 2.39. The largest absolute Gasteiger partial charge is 0.378 e.